The topological polar surface area (TPSA) is 62.7 Å². The molecule has 0 heterocycles. The molecule has 6 heteroatoms. The highest BCUT2D eigenvalue weighted by Crippen LogP contribution is 2.22. The summed E-state index contributed by atoms with van der Waals surface area (Å²) in [4.78, 5) is 11.9. The number of ether oxygens (including phenoxy) is 1. The van der Waals surface area contributed by atoms with Gasteiger partial charge in [-0.3, -0.25) is 4.79 Å². The molecule has 2 N–H and O–H groups in total. The summed E-state index contributed by atoms with van der Waals surface area (Å²) in [6.45, 7) is 1.98. The molecular weight excluding hydrogens is 309 g/mol. The molecule has 0 aliphatic carbocycles. The molecule has 0 atom stereocenters. The van der Waals surface area contributed by atoms with Crippen LogP contribution >= 0.6 is 0 Å². The average molecular weight is 329 g/mol. The van der Waals surface area contributed by atoms with Crippen LogP contribution in [0.4, 0.5) is 10.1 Å². The number of methoxy groups -OCH3 is 1. The second-order valence-electron chi connectivity index (χ2n) is 5.01. The van der Waals surface area contributed by atoms with Gasteiger partial charge in [0.1, 0.15) is 11.6 Å². The van der Waals surface area contributed by atoms with Crippen LogP contribution in [0, 0.1) is 5.82 Å². The molecule has 0 bridgehead atoms. The van der Waals surface area contributed by atoms with Crippen LogP contribution in [-0.2, 0) is 4.79 Å². The van der Waals surface area contributed by atoms with Crippen molar-refractivity contribution in [1.29, 1.82) is 0 Å². The van der Waals surface area contributed by atoms with E-state index in [1.165, 1.54) is 12.1 Å². The molecule has 2 aromatic rings. The van der Waals surface area contributed by atoms with Crippen molar-refractivity contribution in [3.63, 3.8) is 0 Å². The fourth-order valence-electron chi connectivity index (χ4n) is 2.13. The normalized spacial score (nSPS) is 11.0. The number of amides is 1. The largest absolute Gasteiger partial charge is 0.495 e. The maximum absolute atomic E-state index is 13.0. The summed E-state index contributed by atoms with van der Waals surface area (Å²) in [5.74, 6) is 0.0718. The molecule has 0 saturated carbocycles. The molecule has 0 aromatic heterocycles. The fourth-order valence-corrected chi connectivity index (χ4v) is 2.13. The number of halogens is 1. The third-order valence-electron chi connectivity index (χ3n) is 3.37. The summed E-state index contributed by atoms with van der Waals surface area (Å²) >= 11 is 0. The lowest BCUT2D eigenvalue weighted by Crippen LogP contribution is -2.27. The first-order valence-corrected chi connectivity index (χ1v) is 7.62. The van der Waals surface area contributed by atoms with Gasteiger partial charge in [0.25, 0.3) is 5.91 Å². The van der Waals surface area contributed by atoms with Gasteiger partial charge in [0.05, 0.1) is 25.1 Å². The lowest BCUT2D eigenvalue weighted by molar-refractivity contribution is -0.119. The van der Waals surface area contributed by atoms with Crippen LogP contribution in [0.15, 0.2) is 53.6 Å². The van der Waals surface area contributed by atoms with Crippen LogP contribution in [0.5, 0.6) is 5.75 Å². The number of para-hydroxylation sites is 2. The molecule has 0 radical (unpaired) electrons. The van der Waals surface area contributed by atoms with Crippen molar-refractivity contribution < 1.29 is 13.9 Å². The van der Waals surface area contributed by atoms with E-state index in [0.29, 0.717) is 17.9 Å². The summed E-state index contributed by atoms with van der Waals surface area (Å²) in [5, 5.41) is 7.12. The Balaban J connectivity index is 1.94. The number of hydrazone groups is 1. The summed E-state index contributed by atoms with van der Waals surface area (Å²) in [6.07, 6.45) is 0.617. The number of hydrogen-bond donors (Lipinski definition) is 2. The predicted molar refractivity (Wildman–Crippen MR) is 92.9 cm³/mol. The molecule has 0 fully saturated rings. The van der Waals surface area contributed by atoms with E-state index >= 15 is 0 Å². The Morgan fingerprint density at radius 3 is 2.54 bits per heavy atom. The molecule has 0 spiro atoms. The van der Waals surface area contributed by atoms with E-state index in [9.17, 15) is 9.18 Å². The summed E-state index contributed by atoms with van der Waals surface area (Å²) in [5.41, 5.74) is 4.69. The minimum absolute atomic E-state index is 0.0598. The minimum Gasteiger partial charge on any atom is -0.495 e. The Labute approximate surface area is 140 Å². The van der Waals surface area contributed by atoms with Crippen molar-refractivity contribution in [1.82, 2.24) is 5.43 Å². The molecule has 2 rings (SSSR count). The van der Waals surface area contributed by atoms with Crippen LogP contribution in [0.3, 0.4) is 0 Å². The van der Waals surface area contributed by atoms with Crippen LogP contribution in [0.25, 0.3) is 0 Å². The first-order valence-electron chi connectivity index (χ1n) is 7.62. The first-order chi connectivity index (χ1) is 11.6. The van der Waals surface area contributed by atoms with E-state index in [1.807, 2.05) is 31.2 Å². The van der Waals surface area contributed by atoms with E-state index in [0.717, 1.165) is 11.3 Å². The molecule has 126 valence electrons. The van der Waals surface area contributed by atoms with E-state index in [2.05, 4.69) is 15.8 Å². The molecule has 0 unspecified atom stereocenters. The number of rotatable bonds is 7. The van der Waals surface area contributed by atoms with Gasteiger partial charge in [0.15, 0.2) is 0 Å². The Morgan fingerprint density at radius 1 is 1.17 bits per heavy atom. The molecule has 24 heavy (non-hydrogen) atoms. The summed E-state index contributed by atoms with van der Waals surface area (Å²) in [7, 11) is 1.57. The van der Waals surface area contributed by atoms with Crippen molar-refractivity contribution >= 4 is 17.3 Å². The average Bonchev–Trinajstić information content (AvgIpc) is 2.62. The molecular formula is C18H20FN3O2. The van der Waals surface area contributed by atoms with Crippen LogP contribution in [-0.4, -0.2) is 25.3 Å². The van der Waals surface area contributed by atoms with Gasteiger partial charge in [-0.1, -0.05) is 31.2 Å². The molecule has 0 saturated heterocycles. The van der Waals surface area contributed by atoms with Gasteiger partial charge in [-0.2, -0.15) is 5.10 Å². The van der Waals surface area contributed by atoms with Gasteiger partial charge in [-0.15, -0.1) is 0 Å². The number of nitrogens with one attached hydrogen (secondary N) is 2. The monoisotopic (exact) mass is 329 g/mol. The van der Waals surface area contributed by atoms with Crippen LogP contribution in [0.1, 0.15) is 18.9 Å². The lowest BCUT2D eigenvalue weighted by atomic mass is 10.1. The van der Waals surface area contributed by atoms with Crippen molar-refractivity contribution in [3.05, 3.63) is 59.9 Å². The number of benzene rings is 2. The number of carbonyl (C=O) groups is 1. The highest BCUT2D eigenvalue weighted by atomic mass is 19.1. The van der Waals surface area contributed by atoms with Crippen LogP contribution < -0.4 is 15.5 Å². The second kappa shape index (κ2) is 8.67. The van der Waals surface area contributed by atoms with E-state index < -0.39 is 0 Å². The zero-order valence-corrected chi connectivity index (χ0v) is 13.7. The van der Waals surface area contributed by atoms with Crippen LogP contribution in [0.2, 0.25) is 0 Å². The molecule has 0 aliphatic rings. The Morgan fingerprint density at radius 2 is 1.88 bits per heavy atom. The molecule has 2 aromatic carbocycles. The van der Waals surface area contributed by atoms with E-state index in [-0.39, 0.29) is 18.3 Å². The molecule has 1 amide bonds. The Kier molecular flexibility index (Phi) is 6.31. The van der Waals surface area contributed by atoms with Gasteiger partial charge in [0.2, 0.25) is 0 Å². The highest BCUT2D eigenvalue weighted by molar-refractivity contribution is 6.01. The quantitative estimate of drug-likeness (QED) is 0.606. The fraction of sp³-hybridized carbons (Fsp3) is 0.222. The van der Waals surface area contributed by atoms with Crippen molar-refractivity contribution in [2.75, 3.05) is 19.0 Å². The highest BCUT2D eigenvalue weighted by Gasteiger charge is 2.06. The van der Waals surface area contributed by atoms with E-state index in [4.69, 9.17) is 4.74 Å². The third kappa shape index (κ3) is 4.81. The first kappa shape index (κ1) is 17.5. The lowest BCUT2D eigenvalue weighted by Gasteiger charge is -2.10. The Hall–Kier alpha value is -2.89. The van der Waals surface area contributed by atoms with Gasteiger partial charge < -0.3 is 10.1 Å². The maximum atomic E-state index is 13.0. The number of anilines is 1. The minimum atomic E-state index is -0.306. The van der Waals surface area contributed by atoms with Gasteiger partial charge in [-0.25, -0.2) is 9.82 Å². The molecule has 0 aliphatic heterocycles. The van der Waals surface area contributed by atoms with Gasteiger partial charge >= 0.3 is 0 Å². The number of carbonyl (C=O) groups excluding carboxylic acids is 1. The maximum Gasteiger partial charge on any atom is 0.259 e. The van der Waals surface area contributed by atoms with Gasteiger partial charge in [-0.05, 0) is 36.2 Å². The molecule has 5 nitrogen and oxygen atoms in total. The third-order valence-corrected chi connectivity index (χ3v) is 3.37. The zero-order chi connectivity index (χ0) is 17.4. The van der Waals surface area contributed by atoms with Crippen molar-refractivity contribution in [2.45, 2.75) is 13.3 Å². The number of nitrogens with zero attached hydrogens (tertiary/aromatic N) is 1. The smallest absolute Gasteiger partial charge is 0.259 e. The second-order valence-corrected chi connectivity index (χ2v) is 5.01. The zero-order valence-electron chi connectivity index (χ0n) is 13.7. The predicted octanol–water partition coefficient (Wildman–Crippen LogP) is 3.18. The summed E-state index contributed by atoms with van der Waals surface area (Å²) < 4.78 is 18.2. The summed E-state index contributed by atoms with van der Waals surface area (Å²) in [6, 6.07) is 13.3. The van der Waals surface area contributed by atoms with Gasteiger partial charge in [0, 0.05) is 0 Å². The van der Waals surface area contributed by atoms with Crippen molar-refractivity contribution in [3.8, 4) is 5.75 Å². The SMILES string of the molecule is CC/C(=N/NC(=O)CNc1ccccc1OC)c1ccc(F)cc1. The number of hydrogen-bond acceptors (Lipinski definition) is 4. The van der Waals surface area contributed by atoms with Crippen molar-refractivity contribution in [2.24, 2.45) is 5.10 Å². The Bertz CT molecular complexity index is 714. The van der Waals surface area contributed by atoms with E-state index in [1.54, 1.807) is 19.2 Å². The standard InChI is InChI=1S/C18H20FN3O2/c1-3-15(13-8-10-14(19)11-9-13)21-22-18(23)12-20-16-6-4-5-7-17(16)24-2/h4-11,20H,3,12H2,1-2H3,(H,22,23)/b21-15-.